The maximum absolute atomic E-state index is 13.4. The van der Waals surface area contributed by atoms with E-state index in [1.54, 1.807) is 4.90 Å². The van der Waals surface area contributed by atoms with Gasteiger partial charge in [0.05, 0.1) is 16.5 Å². The molecule has 2 aliphatic heterocycles. The van der Waals surface area contributed by atoms with Crippen molar-refractivity contribution in [1.82, 2.24) is 24.5 Å². The Morgan fingerprint density at radius 2 is 2.13 bits per heavy atom. The van der Waals surface area contributed by atoms with E-state index in [1.165, 1.54) is 11.3 Å². The van der Waals surface area contributed by atoms with E-state index < -0.39 is 5.41 Å². The fourth-order valence-electron chi connectivity index (χ4n) is 5.18. The number of fused-ring (bicyclic) bond motifs is 1. The summed E-state index contributed by atoms with van der Waals surface area (Å²) in [5, 5.41) is 6.26. The highest BCUT2D eigenvalue weighted by molar-refractivity contribution is 7.12. The van der Waals surface area contributed by atoms with Crippen LogP contribution < -0.4 is 0 Å². The minimum absolute atomic E-state index is 0.112. The standard InChI is InChI=1S/C22H31N5O2S/c1-16-6-9-30-19(16)20(28)27-8-5-7-22(21(29)24(2)3)15-26(13-18(22)14-27)12-17-10-23-25(4)11-17/h6,9-11,18H,5,7-8,12-15H2,1-4H3/t18-,22+/m1/s1. The Kier molecular flexibility index (Phi) is 5.72. The Morgan fingerprint density at radius 3 is 2.77 bits per heavy atom. The molecular formula is C22H31N5O2S. The Bertz CT molecular complexity index is 936. The molecule has 0 radical (unpaired) electrons. The fourth-order valence-corrected chi connectivity index (χ4v) is 6.08. The molecule has 0 aromatic carbocycles. The third-order valence-electron chi connectivity index (χ3n) is 6.60. The summed E-state index contributed by atoms with van der Waals surface area (Å²) in [6.45, 7) is 5.69. The quantitative estimate of drug-likeness (QED) is 0.748. The van der Waals surface area contributed by atoms with Gasteiger partial charge in [-0.1, -0.05) is 0 Å². The predicted molar refractivity (Wildman–Crippen MR) is 117 cm³/mol. The SMILES string of the molecule is Cc1ccsc1C(=O)N1CCC[C@]2(C(=O)N(C)C)CN(Cc3cnn(C)c3)C[C@@H]2C1. The first-order valence-electron chi connectivity index (χ1n) is 10.5. The van der Waals surface area contributed by atoms with E-state index in [0.29, 0.717) is 6.54 Å². The van der Waals surface area contributed by atoms with Gasteiger partial charge in [0.1, 0.15) is 0 Å². The molecule has 30 heavy (non-hydrogen) atoms. The normalized spacial score (nSPS) is 24.5. The topological polar surface area (TPSA) is 61.7 Å². The average molecular weight is 430 g/mol. The fraction of sp³-hybridized carbons (Fsp3) is 0.591. The molecule has 0 aliphatic carbocycles. The van der Waals surface area contributed by atoms with Gasteiger partial charge in [-0.05, 0) is 36.8 Å². The highest BCUT2D eigenvalue weighted by Crippen LogP contribution is 2.44. The van der Waals surface area contributed by atoms with Crippen LogP contribution >= 0.6 is 11.3 Å². The molecule has 2 aliphatic rings. The lowest BCUT2D eigenvalue weighted by Crippen LogP contribution is -2.47. The van der Waals surface area contributed by atoms with Crippen molar-refractivity contribution < 1.29 is 9.59 Å². The maximum atomic E-state index is 13.4. The van der Waals surface area contributed by atoms with Crippen molar-refractivity contribution in [2.24, 2.45) is 18.4 Å². The molecular weight excluding hydrogens is 398 g/mol. The average Bonchev–Trinajstić information content (AvgIpc) is 3.37. The van der Waals surface area contributed by atoms with E-state index in [9.17, 15) is 9.59 Å². The number of rotatable bonds is 4. The molecule has 0 unspecified atom stereocenters. The molecule has 0 spiro atoms. The molecule has 0 N–H and O–H groups in total. The minimum Gasteiger partial charge on any atom is -0.348 e. The second-order valence-corrected chi connectivity index (χ2v) is 9.95. The van der Waals surface area contributed by atoms with E-state index in [1.807, 2.05) is 61.5 Å². The molecule has 7 nitrogen and oxygen atoms in total. The van der Waals surface area contributed by atoms with Crippen LogP contribution in [0, 0.1) is 18.3 Å². The van der Waals surface area contributed by atoms with Crippen LogP contribution in [0.4, 0.5) is 0 Å². The smallest absolute Gasteiger partial charge is 0.264 e. The molecule has 2 amide bonds. The minimum atomic E-state index is -0.425. The zero-order chi connectivity index (χ0) is 21.5. The first-order chi connectivity index (χ1) is 14.3. The van der Waals surface area contributed by atoms with E-state index in [2.05, 4.69) is 10.00 Å². The molecule has 162 valence electrons. The van der Waals surface area contributed by atoms with Crippen LogP contribution in [0.25, 0.3) is 0 Å². The first kappa shape index (κ1) is 21.1. The number of aromatic nitrogens is 2. The van der Waals surface area contributed by atoms with Crippen molar-refractivity contribution in [3.05, 3.63) is 39.8 Å². The Hall–Kier alpha value is -2.19. The van der Waals surface area contributed by atoms with E-state index in [4.69, 9.17) is 0 Å². The number of amides is 2. The van der Waals surface area contributed by atoms with Crippen LogP contribution in [0.3, 0.4) is 0 Å². The van der Waals surface area contributed by atoms with E-state index in [0.717, 1.165) is 55.0 Å². The van der Waals surface area contributed by atoms with Gasteiger partial charge in [-0.25, -0.2) is 0 Å². The van der Waals surface area contributed by atoms with E-state index in [-0.39, 0.29) is 17.7 Å². The second kappa shape index (κ2) is 8.15. The van der Waals surface area contributed by atoms with Crippen molar-refractivity contribution in [2.45, 2.75) is 26.3 Å². The van der Waals surface area contributed by atoms with Gasteiger partial charge >= 0.3 is 0 Å². The van der Waals surface area contributed by atoms with Crippen molar-refractivity contribution in [1.29, 1.82) is 0 Å². The number of likely N-dealkylation sites (tertiary alicyclic amines) is 2. The summed E-state index contributed by atoms with van der Waals surface area (Å²) in [5.74, 6) is 0.444. The number of aryl methyl sites for hydroxylation is 2. The lowest BCUT2D eigenvalue weighted by atomic mass is 9.74. The number of nitrogens with zero attached hydrogens (tertiary/aromatic N) is 5. The van der Waals surface area contributed by atoms with Gasteiger partial charge in [0, 0.05) is 71.5 Å². The Morgan fingerprint density at radius 1 is 1.33 bits per heavy atom. The van der Waals surface area contributed by atoms with Crippen molar-refractivity contribution >= 4 is 23.2 Å². The Balaban J connectivity index is 1.59. The zero-order valence-corrected chi connectivity index (χ0v) is 19.1. The van der Waals surface area contributed by atoms with Crippen molar-refractivity contribution in [3.63, 3.8) is 0 Å². The highest BCUT2D eigenvalue weighted by atomic mass is 32.1. The van der Waals surface area contributed by atoms with E-state index >= 15 is 0 Å². The van der Waals surface area contributed by atoms with Gasteiger partial charge in [0.25, 0.3) is 5.91 Å². The molecule has 2 aromatic heterocycles. The number of carbonyl (C=O) groups excluding carboxylic acids is 2. The number of thiophene rings is 1. The van der Waals surface area contributed by atoms with Gasteiger partial charge in [0.15, 0.2) is 0 Å². The van der Waals surface area contributed by atoms with Crippen molar-refractivity contribution in [2.75, 3.05) is 40.3 Å². The lowest BCUT2D eigenvalue weighted by Gasteiger charge is -2.35. The van der Waals surface area contributed by atoms with Crippen LogP contribution in [-0.2, 0) is 18.4 Å². The van der Waals surface area contributed by atoms with Gasteiger partial charge < -0.3 is 9.80 Å². The van der Waals surface area contributed by atoms with Gasteiger partial charge in [-0.3, -0.25) is 19.2 Å². The number of hydrogen-bond donors (Lipinski definition) is 0. The molecule has 8 heteroatoms. The van der Waals surface area contributed by atoms with Crippen LogP contribution in [0.1, 0.15) is 33.6 Å². The first-order valence-corrected chi connectivity index (χ1v) is 11.4. The number of carbonyl (C=O) groups is 2. The summed E-state index contributed by atoms with van der Waals surface area (Å²) in [6.07, 6.45) is 5.60. The third-order valence-corrected chi connectivity index (χ3v) is 7.60. The molecule has 0 saturated carbocycles. The second-order valence-electron chi connectivity index (χ2n) is 9.03. The summed E-state index contributed by atoms with van der Waals surface area (Å²) in [6, 6.07) is 2.00. The molecule has 0 bridgehead atoms. The van der Waals surface area contributed by atoms with Crippen LogP contribution in [0.15, 0.2) is 23.8 Å². The largest absolute Gasteiger partial charge is 0.348 e. The molecule has 4 rings (SSSR count). The number of hydrogen-bond acceptors (Lipinski definition) is 5. The van der Waals surface area contributed by atoms with Gasteiger partial charge in [0.2, 0.25) is 5.91 Å². The van der Waals surface area contributed by atoms with Crippen LogP contribution in [0.2, 0.25) is 0 Å². The summed E-state index contributed by atoms with van der Waals surface area (Å²) in [7, 11) is 5.62. The highest BCUT2D eigenvalue weighted by Gasteiger charge is 2.53. The zero-order valence-electron chi connectivity index (χ0n) is 18.3. The molecule has 4 heterocycles. The van der Waals surface area contributed by atoms with Gasteiger partial charge in [-0.2, -0.15) is 5.10 Å². The Labute approximate surface area is 182 Å². The molecule has 2 saturated heterocycles. The predicted octanol–water partition coefficient (Wildman–Crippen LogP) is 2.23. The molecule has 2 atom stereocenters. The summed E-state index contributed by atoms with van der Waals surface area (Å²) >= 11 is 1.51. The third kappa shape index (κ3) is 3.78. The van der Waals surface area contributed by atoms with Gasteiger partial charge in [-0.15, -0.1) is 11.3 Å². The molecule has 2 aromatic rings. The van der Waals surface area contributed by atoms with Crippen molar-refractivity contribution in [3.8, 4) is 0 Å². The van der Waals surface area contributed by atoms with Crippen LogP contribution in [-0.4, -0.2) is 76.6 Å². The summed E-state index contributed by atoms with van der Waals surface area (Å²) in [5.41, 5.74) is 1.77. The molecule has 2 fully saturated rings. The monoisotopic (exact) mass is 429 g/mol. The maximum Gasteiger partial charge on any atom is 0.264 e. The van der Waals surface area contributed by atoms with Crippen LogP contribution in [0.5, 0.6) is 0 Å². The summed E-state index contributed by atoms with van der Waals surface area (Å²) < 4.78 is 1.81. The summed E-state index contributed by atoms with van der Waals surface area (Å²) in [4.78, 5) is 33.5. The lowest BCUT2D eigenvalue weighted by molar-refractivity contribution is -0.141.